The van der Waals surface area contributed by atoms with Gasteiger partial charge in [0.15, 0.2) is 6.10 Å². The fourth-order valence-electron chi connectivity index (χ4n) is 1.96. The summed E-state index contributed by atoms with van der Waals surface area (Å²) in [7, 11) is -3.99. The number of benzene rings is 1. The van der Waals surface area contributed by atoms with E-state index in [-0.39, 0.29) is 10.6 Å². The Morgan fingerprint density at radius 2 is 1.95 bits per heavy atom. The van der Waals surface area contributed by atoms with Crippen molar-refractivity contribution in [3.05, 3.63) is 47.8 Å². The third-order valence-corrected chi connectivity index (χ3v) is 4.74. The van der Waals surface area contributed by atoms with Gasteiger partial charge in [0.25, 0.3) is 10.0 Å². The van der Waals surface area contributed by atoms with Crippen molar-refractivity contribution in [3.63, 3.8) is 0 Å². The molecule has 1 aromatic carbocycles. The van der Waals surface area contributed by atoms with Gasteiger partial charge >= 0.3 is 6.09 Å². The second-order valence-electron chi connectivity index (χ2n) is 4.43. The Balaban J connectivity index is 2.51. The zero-order valence-corrected chi connectivity index (χ0v) is 12.1. The molecule has 0 radical (unpaired) electrons. The van der Waals surface area contributed by atoms with Crippen LogP contribution in [0.25, 0.3) is 0 Å². The molecule has 1 unspecified atom stereocenters. The summed E-state index contributed by atoms with van der Waals surface area (Å²) in [5.74, 6) is 0. The number of ether oxygens (including phenoxy) is 1. The molecule has 1 aliphatic heterocycles. The lowest BCUT2D eigenvalue weighted by molar-refractivity contribution is 0.138. The highest BCUT2D eigenvalue weighted by Gasteiger charge is 2.44. The van der Waals surface area contributed by atoms with Crippen LogP contribution in [0.2, 0.25) is 0 Å². The van der Waals surface area contributed by atoms with Crippen molar-refractivity contribution >= 4 is 16.1 Å². The lowest BCUT2D eigenvalue weighted by Gasteiger charge is -2.15. The number of sulfonamides is 1. The lowest BCUT2D eigenvalue weighted by Crippen LogP contribution is -2.30. The molecule has 6 heteroatoms. The molecule has 0 N–H and O–H groups in total. The van der Waals surface area contributed by atoms with Gasteiger partial charge in [-0.2, -0.15) is 4.31 Å². The fraction of sp³-hybridized carbons (Fsp3) is 0.286. The molecule has 0 aromatic heterocycles. The summed E-state index contributed by atoms with van der Waals surface area (Å²) in [6, 6.07) is 6.25. The molecule has 106 valence electrons. The van der Waals surface area contributed by atoms with Crippen LogP contribution in [0.4, 0.5) is 4.79 Å². The first-order valence-electron chi connectivity index (χ1n) is 6.14. The van der Waals surface area contributed by atoms with Crippen molar-refractivity contribution in [2.45, 2.75) is 31.3 Å². The molecule has 1 aromatic rings. The lowest BCUT2D eigenvalue weighted by atomic mass is 10.2. The first-order valence-corrected chi connectivity index (χ1v) is 7.58. The Morgan fingerprint density at radius 3 is 2.45 bits per heavy atom. The van der Waals surface area contributed by atoms with Crippen LogP contribution in [0.1, 0.15) is 18.9 Å². The molecular weight excluding hydrogens is 278 g/mol. The van der Waals surface area contributed by atoms with E-state index in [9.17, 15) is 13.2 Å². The van der Waals surface area contributed by atoms with E-state index in [2.05, 4.69) is 12.3 Å². The molecule has 20 heavy (non-hydrogen) atoms. The van der Waals surface area contributed by atoms with Crippen LogP contribution in [0.5, 0.6) is 0 Å². The van der Waals surface area contributed by atoms with Gasteiger partial charge in [-0.3, -0.25) is 0 Å². The number of carbonyl (C=O) groups is 1. The topological polar surface area (TPSA) is 63.7 Å². The largest absolute Gasteiger partial charge is 0.438 e. The maximum Gasteiger partial charge on any atom is 0.429 e. The maximum absolute atomic E-state index is 12.5. The third kappa shape index (κ3) is 2.24. The number of aryl methyl sites for hydroxylation is 1. The van der Waals surface area contributed by atoms with Crippen molar-refractivity contribution in [1.82, 2.24) is 4.31 Å². The van der Waals surface area contributed by atoms with E-state index < -0.39 is 22.2 Å². The third-order valence-electron chi connectivity index (χ3n) is 3.04. The summed E-state index contributed by atoms with van der Waals surface area (Å²) in [4.78, 5) is 11.9. The highest BCUT2D eigenvalue weighted by molar-refractivity contribution is 7.89. The van der Waals surface area contributed by atoms with E-state index >= 15 is 0 Å². The van der Waals surface area contributed by atoms with Crippen molar-refractivity contribution < 1.29 is 17.9 Å². The smallest absolute Gasteiger partial charge is 0.429 e. The normalized spacial score (nSPS) is 18.9. The molecule has 5 nitrogen and oxygen atoms in total. The predicted octanol–water partition coefficient (Wildman–Crippen LogP) is 2.58. The molecule has 1 saturated heterocycles. The molecular formula is C14H15NO4S. The minimum Gasteiger partial charge on any atom is -0.438 e. The van der Waals surface area contributed by atoms with E-state index in [0.29, 0.717) is 10.7 Å². The Hall–Kier alpha value is -2.04. The van der Waals surface area contributed by atoms with Crippen molar-refractivity contribution in [2.75, 3.05) is 0 Å². The second kappa shape index (κ2) is 5.15. The minimum absolute atomic E-state index is 0.0320. The van der Waals surface area contributed by atoms with Crippen LogP contribution in [0.3, 0.4) is 0 Å². The van der Waals surface area contributed by atoms with E-state index in [1.54, 1.807) is 19.1 Å². The van der Waals surface area contributed by atoms with Crippen LogP contribution < -0.4 is 0 Å². The van der Waals surface area contributed by atoms with E-state index in [1.807, 2.05) is 6.92 Å². The number of hydrogen-bond acceptors (Lipinski definition) is 4. The van der Waals surface area contributed by atoms with E-state index in [0.717, 1.165) is 5.56 Å². The van der Waals surface area contributed by atoms with Crippen molar-refractivity contribution in [3.8, 4) is 0 Å². The average molecular weight is 293 g/mol. The first kappa shape index (κ1) is 14.4. The van der Waals surface area contributed by atoms with Gasteiger partial charge in [-0.1, -0.05) is 31.2 Å². The van der Waals surface area contributed by atoms with Crippen LogP contribution >= 0.6 is 0 Å². The van der Waals surface area contributed by atoms with Crippen LogP contribution in [0.15, 0.2) is 47.2 Å². The highest BCUT2D eigenvalue weighted by atomic mass is 32.2. The second-order valence-corrected chi connectivity index (χ2v) is 6.21. The molecule has 0 saturated carbocycles. The van der Waals surface area contributed by atoms with Gasteiger partial charge in [-0.05, 0) is 25.5 Å². The maximum atomic E-state index is 12.5. The Morgan fingerprint density at radius 1 is 1.35 bits per heavy atom. The number of amides is 1. The number of carbonyl (C=O) groups excluding carboxylic acids is 1. The molecule has 1 aliphatic rings. The number of hydrogen-bond donors (Lipinski definition) is 0. The first-order chi connectivity index (χ1) is 9.41. The quantitative estimate of drug-likeness (QED) is 0.804. The van der Waals surface area contributed by atoms with Gasteiger partial charge in [0.1, 0.15) is 5.70 Å². The average Bonchev–Trinajstić information content (AvgIpc) is 2.75. The van der Waals surface area contributed by atoms with Crippen molar-refractivity contribution in [2.24, 2.45) is 0 Å². The summed E-state index contributed by atoms with van der Waals surface area (Å²) in [5.41, 5.74) is 3.57. The summed E-state index contributed by atoms with van der Waals surface area (Å²) in [6.07, 6.45) is -1.08. The van der Waals surface area contributed by atoms with Gasteiger partial charge < -0.3 is 4.74 Å². The van der Waals surface area contributed by atoms with Crippen LogP contribution in [0, 0.1) is 6.92 Å². The van der Waals surface area contributed by atoms with Gasteiger partial charge in [0, 0.05) is 0 Å². The zero-order valence-electron chi connectivity index (χ0n) is 11.3. The molecule has 1 fully saturated rings. The number of nitrogens with zero attached hydrogens (tertiary/aromatic N) is 1. The predicted molar refractivity (Wildman–Crippen MR) is 73.4 cm³/mol. The zero-order chi connectivity index (χ0) is 14.9. The molecule has 1 amide bonds. The standard InChI is InChI=1S/C14H15NO4S/c1-4-12-13(5-2)19-14(16)15(12)20(17,18)11-8-6-10(3)7-9-11/h6-9,13H,1,5H2,2-3H3. The van der Waals surface area contributed by atoms with E-state index in [4.69, 9.17) is 4.74 Å². The molecule has 2 rings (SSSR count). The molecule has 0 aliphatic carbocycles. The van der Waals surface area contributed by atoms with Crippen LogP contribution in [-0.2, 0) is 14.8 Å². The molecule has 0 bridgehead atoms. The summed E-state index contributed by atoms with van der Waals surface area (Å²) >= 11 is 0. The van der Waals surface area contributed by atoms with Gasteiger partial charge in [-0.15, -0.1) is 5.73 Å². The Bertz CT molecular complexity index is 684. The monoisotopic (exact) mass is 293 g/mol. The van der Waals surface area contributed by atoms with Crippen molar-refractivity contribution in [1.29, 1.82) is 0 Å². The number of cyclic esters (lactones) is 1. The minimum atomic E-state index is -3.99. The van der Waals surface area contributed by atoms with Gasteiger partial charge in [0.05, 0.1) is 4.90 Å². The summed E-state index contributed by atoms with van der Waals surface area (Å²) in [5, 5.41) is 0. The molecule has 0 spiro atoms. The van der Waals surface area contributed by atoms with Crippen LogP contribution in [-0.4, -0.2) is 24.9 Å². The van der Waals surface area contributed by atoms with E-state index in [1.165, 1.54) is 12.1 Å². The summed E-state index contributed by atoms with van der Waals surface area (Å²) < 4.78 is 30.7. The molecule has 1 heterocycles. The van der Waals surface area contributed by atoms with Gasteiger partial charge in [0.2, 0.25) is 0 Å². The molecule has 1 atom stereocenters. The Labute approximate surface area is 118 Å². The summed E-state index contributed by atoms with van der Waals surface area (Å²) in [6.45, 7) is 7.09. The van der Waals surface area contributed by atoms with Gasteiger partial charge in [-0.25, -0.2) is 13.2 Å². The fourth-order valence-corrected chi connectivity index (χ4v) is 3.33. The Kier molecular flexibility index (Phi) is 3.70. The number of rotatable bonds is 3. The SMILES string of the molecule is C=C=C1C(CC)OC(=O)N1S(=O)(=O)c1ccc(C)cc1. The highest BCUT2D eigenvalue weighted by Crippen LogP contribution is 2.31.